The Labute approximate surface area is 164 Å². The number of hydrogen-bond donors (Lipinski definition) is 1. The normalized spacial score (nSPS) is 29.8. The first kappa shape index (κ1) is 17.0. The number of benzene rings is 2. The summed E-state index contributed by atoms with van der Waals surface area (Å²) in [6.07, 6.45) is 1.68. The second-order valence-corrected chi connectivity index (χ2v) is 8.05. The van der Waals surface area contributed by atoms with E-state index in [4.69, 9.17) is 0 Å². The lowest BCUT2D eigenvalue weighted by Gasteiger charge is -2.37. The van der Waals surface area contributed by atoms with Crippen LogP contribution in [0.1, 0.15) is 35.6 Å². The molecule has 2 aromatic carbocycles. The topological polar surface area (TPSA) is 79.9 Å². The second kappa shape index (κ2) is 5.67. The molecule has 3 heterocycles. The van der Waals surface area contributed by atoms with Gasteiger partial charge in [-0.05, 0) is 43.5 Å². The molecule has 3 aliphatic heterocycles. The summed E-state index contributed by atoms with van der Waals surface area (Å²) in [5.74, 6) is -0.239. The predicted molar refractivity (Wildman–Crippen MR) is 104 cm³/mol. The number of rotatable bonds is 1. The number of aryl methyl sites for hydroxylation is 1. The van der Waals surface area contributed by atoms with Gasteiger partial charge in [0, 0.05) is 11.7 Å². The number of fused-ring (bicyclic) bond motifs is 3. The van der Waals surface area contributed by atoms with Crippen LogP contribution in [0.15, 0.2) is 48.5 Å². The summed E-state index contributed by atoms with van der Waals surface area (Å²) in [7, 11) is 0. The molecule has 0 bridgehead atoms. The lowest BCUT2D eigenvalue weighted by Crippen LogP contribution is -2.51. The molecular weight excluding hydrogens is 348 g/mol. The molecule has 138 valence electrons. The van der Waals surface area contributed by atoms with Crippen LogP contribution in [0.25, 0.3) is 0 Å². The number of nitrogens with zero attached hydrogens (tertiary/aromatic N) is 3. The summed E-state index contributed by atoms with van der Waals surface area (Å²) in [5.41, 5.74) is 0.917. The van der Waals surface area contributed by atoms with Gasteiger partial charge in [0.2, 0.25) is 5.91 Å². The van der Waals surface area contributed by atoms with E-state index in [1.807, 2.05) is 55.5 Å². The van der Waals surface area contributed by atoms with E-state index in [0.29, 0.717) is 5.69 Å². The summed E-state index contributed by atoms with van der Waals surface area (Å²) < 4.78 is 0. The van der Waals surface area contributed by atoms with Crippen LogP contribution in [0.5, 0.6) is 0 Å². The zero-order valence-electron chi connectivity index (χ0n) is 15.6. The minimum absolute atomic E-state index is 0.239. The zero-order valence-corrected chi connectivity index (χ0v) is 15.6. The molecule has 5 heteroatoms. The highest BCUT2D eigenvalue weighted by molar-refractivity contribution is 6.09. The first-order valence-electron chi connectivity index (χ1n) is 9.66. The zero-order chi connectivity index (χ0) is 19.5. The van der Waals surface area contributed by atoms with Gasteiger partial charge in [-0.1, -0.05) is 48.0 Å². The van der Waals surface area contributed by atoms with Gasteiger partial charge in [0.05, 0.1) is 18.2 Å². The summed E-state index contributed by atoms with van der Waals surface area (Å²) in [6.45, 7) is 2.81. The lowest BCUT2D eigenvalue weighted by atomic mass is 9.57. The van der Waals surface area contributed by atoms with Gasteiger partial charge in [0.1, 0.15) is 5.41 Å². The van der Waals surface area contributed by atoms with Crippen LogP contribution in [-0.2, 0) is 10.2 Å². The van der Waals surface area contributed by atoms with E-state index in [1.54, 1.807) is 0 Å². The summed E-state index contributed by atoms with van der Waals surface area (Å²) >= 11 is 0. The van der Waals surface area contributed by atoms with Gasteiger partial charge in [0.15, 0.2) is 5.41 Å². The van der Waals surface area contributed by atoms with Crippen molar-refractivity contribution >= 4 is 11.6 Å². The Morgan fingerprint density at radius 3 is 2.54 bits per heavy atom. The fourth-order valence-corrected chi connectivity index (χ4v) is 5.77. The molecule has 3 aliphatic rings. The molecule has 2 fully saturated rings. The van der Waals surface area contributed by atoms with E-state index in [2.05, 4.69) is 22.4 Å². The molecule has 3 atom stereocenters. The van der Waals surface area contributed by atoms with Crippen LogP contribution >= 0.6 is 0 Å². The molecule has 2 saturated heterocycles. The highest BCUT2D eigenvalue weighted by Crippen LogP contribution is 2.66. The Morgan fingerprint density at radius 1 is 1.11 bits per heavy atom. The molecule has 0 aliphatic carbocycles. The van der Waals surface area contributed by atoms with Crippen LogP contribution < -0.4 is 5.32 Å². The Bertz CT molecular complexity index is 1050. The molecule has 1 amide bonds. The summed E-state index contributed by atoms with van der Waals surface area (Å²) in [4.78, 5) is 15.9. The molecule has 0 aromatic heterocycles. The third-order valence-electron chi connectivity index (χ3n) is 6.86. The Morgan fingerprint density at radius 2 is 1.82 bits per heavy atom. The first-order valence-corrected chi connectivity index (χ1v) is 9.66. The maximum Gasteiger partial charge on any atom is 0.239 e. The average molecular weight is 368 g/mol. The molecule has 2 aromatic rings. The molecule has 28 heavy (non-hydrogen) atoms. The maximum atomic E-state index is 13.6. The van der Waals surface area contributed by atoms with E-state index >= 15 is 0 Å². The predicted octanol–water partition coefficient (Wildman–Crippen LogP) is 3.44. The SMILES string of the molecule is Cc1ccc([C@@H]2N3CCC[C@H]3C(C#N)(C#N)[C@]23C(=O)Nc2ccccc23)cc1. The van der Waals surface area contributed by atoms with E-state index in [1.165, 1.54) is 0 Å². The lowest BCUT2D eigenvalue weighted by molar-refractivity contribution is -0.123. The number of nitriles is 2. The highest BCUT2D eigenvalue weighted by Gasteiger charge is 2.76. The van der Waals surface area contributed by atoms with Crippen molar-refractivity contribution in [1.29, 1.82) is 10.5 Å². The van der Waals surface area contributed by atoms with E-state index in [-0.39, 0.29) is 18.0 Å². The fraction of sp³-hybridized carbons (Fsp3) is 0.348. The second-order valence-electron chi connectivity index (χ2n) is 8.05. The molecule has 1 N–H and O–H groups in total. The van der Waals surface area contributed by atoms with Gasteiger partial charge < -0.3 is 5.32 Å². The van der Waals surface area contributed by atoms with Gasteiger partial charge in [0.25, 0.3) is 0 Å². The minimum Gasteiger partial charge on any atom is -0.325 e. The van der Waals surface area contributed by atoms with Crippen molar-refractivity contribution in [3.63, 3.8) is 0 Å². The molecule has 5 rings (SSSR count). The first-order chi connectivity index (χ1) is 13.6. The fourth-order valence-electron chi connectivity index (χ4n) is 5.77. The van der Waals surface area contributed by atoms with Crippen molar-refractivity contribution < 1.29 is 4.79 Å². The van der Waals surface area contributed by atoms with Gasteiger partial charge in [-0.15, -0.1) is 0 Å². The number of nitrogens with one attached hydrogen (secondary N) is 1. The monoisotopic (exact) mass is 368 g/mol. The molecule has 0 unspecified atom stereocenters. The Hall–Kier alpha value is -3.15. The largest absolute Gasteiger partial charge is 0.325 e. The quantitative estimate of drug-likeness (QED) is 0.836. The number of carbonyl (C=O) groups is 1. The van der Waals surface area contributed by atoms with Crippen molar-refractivity contribution in [2.24, 2.45) is 5.41 Å². The third kappa shape index (κ3) is 1.75. The van der Waals surface area contributed by atoms with Gasteiger partial charge in [-0.25, -0.2) is 0 Å². The number of hydrogen-bond acceptors (Lipinski definition) is 4. The van der Waals surface area contributed by atoms with Crippen molar-refractivity contribution in [2.45, 2.75) is 37.3 Å². The summed E-state index contributed by atoms with van der Waals surface area (Å²) in [6, 6.07) is 19.8. The van der Waals surface area contributed by atoms with Crippen LogP contribution in [0.2, 0.25) is 0 Å². The number of anilines is 1. The smallest absolute Gasteiger partial charge is 0.239 e. The van der Waals surface area contributed by atoms with E-state index in [0.717, 1.165) is 36.1 Å². The molecule has 5 nitrogen and oxygen atoms in total. The molecule has 1 spiro atoms. The van der Waals surface area contributed by atoms with Gasteiger partial charge >= 0.3 is 0 Å². The van der Waals surface area contributed by atoms with Crippen LogP contribution in [0, 0.1) is 35.0 Å². The van der Waals surface area contributed by atoms with Crippen LogP contribution in [-0.4, -0.2) is 23.4 Å². The van der Waals surface area contributed by atoms with E-state index in [9.17, 15) is 15.3 Å². The Balaban J connectivity index is 1.87. The van der Waals surface area contributed by atoms with Crippen molar-refractivity contribution in [3.05, 3.63) is 65.2 Å². The highest BCUT2D eigenvalue weighted by atomic mass is 16.2. The van der Waals surface area contributed by atoms with Crippen molar-refractivity contribution in [3.8, 4) is 12.1 Å². The van der Waals surface area contributed by atoms with Crippen LogP contribution in [0.3, 0.4) is 0 Å². The molecule has 0 saturated carbocycles. The van der Waals surface area contributed by atoms with E-state index < -0.39 is 10.8 Å². The van der Waals surface area contributed by atoms with Crippen molar-refractivity contribution in [1.82, 2.24) is 4.90 Å². The summed E-state index contributed by atoms with van der Waals surface area (Å²) in [5, 5.41) is 23.7. The average Bonchev–Trinajstić information content (AvgIpc) is 3.36. The van der Waals surface area contributed by atoms with Gasteiger partial charge in [-0.2, -0.15) is 10.5 Å². The number of carbonyl (C=O) groups excluding carboxylic acids is 1. The van der Waals surface area contributed by atoms with Crippen LogP contribution in [0.4, 0.5) is 5.69 Å². The Kier molecular flexibility index (Phi) is 3.44. The third-order valence-corrected chi connectivity index (χ3v) is 6.86. The molecular formula is C23H20N4O. The standard InChI is InChI=1S/C23H20N4O/c1-15-8-10-16(11-9-15)20-23(17-5-2-3-6-18(17)26-21(23)28)22(13-24,14-25)19-7-4-12-27(19)20/h2-3,5-6,8-11,19-20H,4,7,12H2,1H3,(H,26,28)/t19-,20-,23-/m0/s1. The van der Waals surface area contributed by atoms with Gasteiger partial charge in [-0.3, -0.25) is 9.69 Å². The minimum atomic E-state index is -1.43. The number of amides is 1. The molecule has 0 radical (unpaired) electrons. The number of para-hydroxylation sites is 1. The maximum absolute atomic E-state index is 13.6. The van der Waals surface area contributed by atoms with Crippen molar-refractivity contribution in [2.75, 3.05) is 11.9 Å².